The fourth-order valence-corrected chi connectivity index (χ4v) is 15.2. The zero-order valence-electron chi connectivity index (χ0n) is 34.2. The number of benzene rings is 1. The maximum absolute atomic E-state index is 14.8. The van der Waals surface area contributed by atoms with Crippen LogP contribution in [0.15, 0.2) is 30.3 Å². The number of alkyl halides is 2. The van der Waals surface area contributed by atoms with Gasteiger partial charge in [0.15, 0.2) is 9.84 Å². The molecule has 1 amide bonds. The zero-order chi connectivity index (χ0) is 39.8. The quantitative estimate of drug-likeness (QED) is 0.250. The maximum Gasteiger partial charge on any atom is 0.337 e. The molecule has 5 fully saturated rings. The molecule has 8 nitrogen and oxygen atoms in total. The van der Waals surface area contributed by atoms with Crippen molar-refractivity contribution in [3.8, 4) is 0 Å². The van der Waals surface area contributed by atoms with Gasteiger partial charge in [-0.2, -0.15) is 8.78 Å². The number of amides is 1. The van der Waals surface area contributed by atoms with Crippen LogP contribution in [0.3, 0.4) is 0 Å². The Hall–Kier alpha value is -2.37. The molecule has 55 heavy (non-hydrogen) atoms. The van der Waals surface area contributed by atoms with Crippen LogP contribution < -0.4 is 10.6 Å². The largest absolute Gasteiger partial charge is 0.465 e. The standard InChI is InChI=1S/C44H65F2N3O5S/c1-8-44(45,46)38(51)48-33-16-20-43(47-23-24-49-25-27-55(52,53)28-26-49)22-21-41(5)32(36(33)43)13-14-35-40(4)18-15-31(29-9-11-30(12-10-29)37(50)54-7)39(2,3)34(40)17-19-42(35,41)6/h9-12,15,32-36,47H,8,13-14,16-28H2,1-7H3,(H,48,51). The molecular weight excluding hydrogens is 721 g/mol. The molecule has 0 aromatic heterocycles. The van der Waals surface area contributed by atoms with Crippen molar-refractivity contribution in [1.82, 2.24) is 15.5 Å². The van der Waals surface area contributed by atoms with E-state index < -0.39 is 28.1 Å². The number of ether oxygens (including phenoxy) is 1. The number of nitrogens with zero attached hydrogens (tertiary/aromatic N) is 1. The highest BCUT2D eigenvalue weighted by molar-refractivity contribution is 7.91. The van der Waals surface area contributed by atoms with Crippen LogP contribution in [0.5, 0.6) is 0 Å². The number of methoxy groups -OCH3 is 1. The number of nitrogens with one attached hydrogen (secondary N) is 2. The van der Waals surface area contributed by atoms with Crippen molar-refractivity contribution in [3.63, 3.8) is 0 Å². The summed E-state index contributed by atoms with van der Waals surface area (Å²) in [4.78, 5) is 27.5. The van der Waals surface area contributed by atoms with Crippen LogP contribution in [0.1, 0.15) is 122 Å². The minimum Gasteiger partial charge on any atom is -0.465 e. The van der Waals surface area contributed by atoms with Gasteiger partial charge in [-0.05, 0) is 120 Å². The summed E-state index contributed by atoms with van der Waals surface area (Å²) < 4.78 is 58.8. The van der Waals surface area contributed by atoms with Gasteiger partial charge in [0.2, 0.25) is 0 Å². The first kappa shape index (κ1) is 40.8. The average Bonchev–Trinajstić information content (AvgIpc) is 3.50. The topological polar surface area (TPSA) is 105 Å². The Labute approximate surface area is 328 Å². The van der Waals surface area contributed by atoms with Gasteiger partial charge in [0, 0.05) is 50.1 Å². The highest BCUT2D eigenvalue weighted by atomic mass is 32.2. The van der Waals surface area contributed by atoms with Gasteiger partial charge in [0.25, 0.3) is 5.91 Å². The highest BCUT2D eigenvalue weighted by Crippen LogP contribution is 2.76. The van der Waals surface area contributed by atoms with E-state index in [2.05, 4.69) is 68.4 Å². The number of hydrogen-bond donors (Lipinski definition) is 2. The van der Waals surface area contributed by atoms with Gasteiger partial charge < -0.3 is 20.3 Å². The van der Waals surface area contributed by atoms with Crippen molar-refractivity contribution < 1.29 is 31.5 Å². The minimum absolute atomic E-state index is 0.0284. The molecule has 4 saturated carbocycles. The third-order valence-electron chi connectivity index (χ3n) is 17.1. The fourth-order valence-electron chi connectivity index (χ4n) is 13.9. The molecule has 0 spiro atoms. The smallest absolute Gasteiger partial charge is 0.337 e. The molecule has 9 unspecified atom stereocenters. The second-order valence-corrected chi connectivity index (χ2v) is 21.9. The molecule has 306 valence electrons. The summed E-state index contributed by atoms with van der Waals surface area (Å²) in [6.45, 7) is 16.3. The Bertz CT molecular complexity index is 1790. The lowest BCUT2D eigenvalue weighted by Gasteiger charge is -2.72. The molecule has 2 N–H and O–H groups in total. The number of rotatable bonds is 9. The number of carbonyl (C=O) groups is 2. The van der Waals surface area contributed by atoms with E-state index in [1.807, 2.05) is 12.1 Å². The molecule has 6 aliphatic rings. The fraction of sp³-hybridized carbons (Fsp3) is 0.773. The van der Waals surface area contributed by atoms with Crippen LogP contribution >= 0.6 is 0 Å². The molecule has 1 aliphatic heterocycles. The van der Waals surface area contributed by atoms with E-state index in [9.17, 15) is 26.8 Å². The van der Waals surface area contributed by atoms with E-state index in [0.717, 1.165) is 63.5 Å². The number of sulfone groups is 1. The summed E-state index contributed by atoms with van der Waals surface area (Å²) in [7, 11) is -1.56. The summed E-state index contributed by atoms with van der Waals surface area (Å²) in [5, 5.41) is 6.92. The van der Waals surface area contributed by atoms with Gasteiger partial charge in [-0.25, -0.2) is 13.2 Å². The van der Waals surface area contributed by atoms with Crippen molar-refractivity contribution in [1.29, 1.82) is 0 Å². The lowest BCUT2D eigenvalue weighted by molar-refractivity contribution is -0.218. The van der Waals surface area contributed by atoms with Crippen molar-refractivity contribution in [2.75, 3.05) is 44.8 Å². The maximum atomic E-state index is 14.8. The summed E-state index contributed by atoms with van der Waals surface area (Å²) >= 11 is 0. The molecule has 11 heteroatoms. The molecular formula is C44H65F2N3O5S. The van der Waals surface area contributed by atoms with Gasteiger partial charge in [-0.1, -0.05) is 59.8 Å². The summed E-state index contributed by atoms with van der Waals surface area (Å²) in [6, 6.07) is 7.54. The van der Waals surface area contributed by atoms with E-state index in [0.29, 0.717) is 43.5 Å². The van der Waals surface area contributed by atoms with E-state index in [1.165, 1.54) is 19.6 Å². The van der Waals surface area contributed by atoms with Crippen LogP contribution in [-0.4, -0.2) is 87.5 Å². The van der Waals surface area contributed by atoms with Crippen molar-refractivity contribution in [3.05, 3.63) is 41.5 Å². The number of halogens is 2. The number of fused-ring (bicyclic) bond motifs is 7. The minimum atomic E-state index is -3.40. The van der Waals surface area contributed by atoms with E-state index in [4.69, 9.17) is 4.74 Å². The Balaban J connectivity index is 1.17. The monoisotopic (exact) mass is 785 g/mol. The van der Waals surface area contributed by atoms with Gasteiger partial charge in [0.1, 0.15) is 0 Å². The second kappa shape index (κ2) is 14.2. The number of allylic oxidation sites excluding steroid dienone is 2. The third kappa shape index (κ3) is 6.62. The van der Waals surface area contributed by atoms with Crippen LogP contribution in [0.4, 0.5) is 8.78 Å². The molecule has 0 radical (unpaired) electrons. The van der Waals surface area contributed by atoms with Crippen molar-refractivity contribution in [2.24, 2.45) is 45.3 Å². The predicted octanol–water partition coefficient (Wildman–Crippen LogP) is 7.53. The van der Waals surface area contributed by atoms with Crippen LogP contribution in [0.25, 0.3) is 5.57 Å². The van der Waals surface area contributed by atoms with Gasteiger partial charge >= 0.3 is 11.9 Å². The van der Waals surface area contributed by atoms with E-state index in [1.54, 1.807) is 0 Å². The third-order valence-corrected chi connectivity index (χ3v) is 18.7. The van der Waals surface area contributed by atoms with Gasteiger partial charge in [-0.3, -0.25) is 4.79 Å². The first-order chi connectivity index (χ1) is 25.8. The normalized spacial score (nSPS) is 39.4. The second-order valence-electron chi connectivity index (χ2n) is 19.6. The molecule has 9 atom stereocenters. The lowest BCUT2D eigenvalue weighted by Crippen LogP contribution is -2.69. The number of hydrogen-bond acceptors (Lipinski definition) is 7. The predicted molar refractivity (Wildman–Crippen MR) is 212 cm³/mol. The van der Waals surface area contributed by atoms with Gasteiger partial charge in [0.05, 0.1) is 24.2 Å². The van der Waals surface area contributed by atoms with Crippen LogP contribution in [-0.2, 0) is 19.4 Å². The molecule has 0 bridgehead atoms. The summed E-state index contributed by atoms with van der Waals surface area (Å²) in [5.41, 5.74) is 2.83. The Morgan fingerprint density at radius 3 is 2.25 bits per heavy atom. The highest BCUT2D eigenvalue weighted by Gasteiger charge is 2.70. The number of esters is 1. The Morgan fingerprint density at radius 1 is 0.909 bits per heavy atom. The van der Waals surface area contributed by atoms with Crippen molar-refractivity contribution >= 4 is 27.3 Å². The summed E-state index contributed by atoms with van der Waals surface area (Å²) in [6.07, 6.45) is 10.8. The summed E-state index contributed by atoms with van der Waals surface area (Å²) in [5.74, 6) is -3.20. The molecule has 5 aliphatic carbocycles. The SMILES string of the molecule is CCC(F)(F)C(=O)NC1CCC2(NCCN3CCS(=O)(=O)CC3)CCC3(C)C(CCC4C5(C)CC=C(c6ccc(C(=O)OC)cc6)C(C)(C)C5CCC43C)C12. The van der Waals surface area contributed by atoms with E-state index in [-0.39, 0.29) is 62.6 Å². The first-order valence-corrected chi connectivity index (χ1v) is 22.8. The Kier molecular flexibility index (Phi) is 10.5. The molecule has 1 heterocycles. The molecule has 7 rings (SSSR count). The average molecular weight is 786 g/mol. The molecule has 1 aromatic rings. The van der Waals surface area contributed by atoms with E-state index >= 15 is 0 Å². The van der Waals surface area contributed by atoms with Crippen molar-refractivity contribution in [2.45, 2.75) is 123 Å². The van der Waals surface area contributed by atoms with Crippen LogP contribution in [0, 0.1) is 45.3 Å². The number of carbonyl (C=O) groups excluding carboxylic acids is 2. The lowest BCUT2D eigenvalue weighted by atomic mass is 9.33. The van der Waals surface area contributed by atoms with Gasteiger partial charge in [-0.15, -0.1) is 0 Å². The zero-order valence-corrected chi connectivity index (χ0v) is 35.1. The Morgan fingerprint density at radius 2 is 1.60 bits per heavy atom. The van der Waals surface area contributed by atoms with Crippen LogP contribution in [0.2, 0.25) is 0 Å². The first-order valence-electron chi connectivity index (χ1n) is 21.0. The molecule has 1 saturated heterocycles. The molecule has 1 aromatic carbocycles.